The second kappa shape index (κ2) is 2.41. The van der Waals surface area contributed by atoms with Gasteiger partial charge in [0.05, 0.1) is 5.38 Å². The van der Waals surface area contributed by atoms with E-state index >= 15 is 0 Å². The van der Waals surface area contributed by atoms with Gasteiger partial charge in [-0.1, -0.05) is 33.3 Å². The molecule has 7 heteroatoms. The minimum Gasteiger partial charge on any atom is -0.121 e. The van der Waals surface area contributed by atoms with E-state index in [1.54, 1.807) is 0 Å². The molecule has 1 atom stereocenters. The van der Waals surface area contributed by atoms with Gasteiger partial charge in [-0.25, -0.2) is 0 Å². The molecule has 0 aromatic heterocycles. The van der Waals surface area contributed by atoms with Gasteiger partial charge in [-0.3, -0.25) is 0 Å². The highest BCUT2D eigenvalue weighted by Gasteiger charge is 2.64. The lowest BCUT2D eigenvalue weighted by Crippen LogP contribution is -2.23. The zero-order chi connectivity index (χ0) is 10.3. The molecule has 0 bridgehead atoms. The third-order valence-corrected chi connectivity index (χ3v) is 3.03. The number of hydrogen-bond acceptors (Lipinski definition) is 0. The standard InChI is InChI=1S/C5H10ClF5S/c1-4(2)5(6)3-12(7,8,9,10)11/h4-5H,3H2,1-2H3. The van der Waals surface area contributed by atoms with Crippen LogP contribution in [0.3, 0.4) is 0 Å². The van der Waals surface area contributed by atoms with Gasteiger partial charge in [-0.05, 0) is 5.92 Å². The van der Waals surface area contributed by atoms with Crippen LogP contribution in [0.2, 0.25) is 0 Å². The van der Waals surface area contributed by atoms with E-state index in [0.717, 1.165) is 0 Å². The van der Waals surface area contributed by atoms with Gasteiger partial charge in [0.1, 0.15) is 5.75 Å². The molecule has 0 saturated heterocycles. The Balaban J connectivity index is 4.48. The van der Waals surface area contributed by atoms with Crippen LogP contribution in [0.1, 0.15) is 13.8 Å². The quantitative estimate of drug-likeness (QED) is 0.495. The molecule has 0 aliphatic heterocycles. The molecule has 0 spiro atoms. The lowest BCUT2D eigenvalue weighted by Gasteiger charge is -2.42. The van der Waals surface area contributed by atoms with Crippen molar-refractivity contribution in [3.8, 4) is 0 Å². The van der Waals surface area contributed by atoms with Crippen LogP contribution in [0.4, 0.5) is 19.4 Å². The van der Waals surface area contributed by atoms with Crippen LogP contribution < -0.4 is 0 Å². The van der Waals surface area contributed by atoms with E-state index in [1.807, 2.05) is 0 Å². The summed E-state index contributed by atoms with van der Waals surface area (Å²) in [7, 11) is -9.30. The molecule has 1 unspecified atom stereocenters. The fourth-order valence-electron chi connectivity index (χ4n) is 0.493. The highest BCUT2D eigenvalue weighted by Crippen LogP contribution is 2.98. The van der Waals surface area contributed by atoms with Gasteiger partial charge >= 0.3 is 0 Å². The van der Waals surface area contributed by atoms with E-state index in [2.05, 4.69) is 0 Å². The summed E-state index contributed by atoms with van der Waals surface area (Å²) in [5.74, 6) is -2.80. The molecule has 0 fully saturated rings. The monoisotopic (exact) mass is 232 g/mol. The fraction of sp³-hybridized carbons (Fsp3) is 1.00. The van der Waals surface area contributed by atoms with Crippen molar-refractivity contribution in [1.29, 1.82) is 0 Å². The zero-order valence-corrected chi connectivity index (χ0v) is 8.11. The van der Waals surface area contributed by atoms with Gasteiger partial charge < -0.3 is 0 Å². The van der Waals surface area contributed by atoms with Gasteiger partial charge in [0.15, 0.2) is 0 Å². The van der Waals surface area contributed by atoms with Crippen molar-refractivity contribution in [2.45, 2.75) is 19.2 Å². The summed E-state index contributed by atoms with van der Waals surface area (Å²) in [6.45, 7) is 2.72. The van der Waals surface area contributed by atoms with Gasteiger partial charge in [-0.15, -0.1) is 11.6 Å². The predicted molar refractivity (Wildman–Crippen MR) is 42.5 cm³/mol. The van der Waals surface area contributed by atoms with Crippen LogP contribution in [0.25, 0.3) is 0 Å². The third-order valence-electron chi connectivity index (χ3n) is 1.20. The zero-order valence-electron chi connectivity index (χ0n) is 6.54. The van der Waals surface area contributed by atoms with Crippen molar-refractivity contribution in [1.82, 2.24) is 0 Å². The summed E-state index contributed by atoms with van der Waals surface area (Å²) in [6.07, 6.45) is 0. The Morgan fingerprint density at radius 3 is 1.50 bits per heavy atom. The second-order valence-electron chi connectivity index (χ2n) is 3.06. The largest absolute Gasteiger partial charge is 0.287 e. The molecule has 0 radical (unpaired) electrons. The first kappa shape index (κ1) is 12.3. The molecule has 12 heavy (non-hydrogen) atoms. The minimum absolute atomic E-state index is 0.615. The van der Waals surface area contributed by atoms with Crippen molar-refractivity contribution in [2.24, 2.45) is 5.92 Å². The minimum atomic E-state index is -9.30. The first-order valence-corrected chi connectivity index (χ1v) is 5.73. The molecule has 0 heterocycles. The molecule has 0 aromatic rings. The first-order valence-electron chi connectivity index (χ1n) is 3.17. The summed E-state index contributed by atoms with van der Waals surface area (Å²) in [5.41, 5.74) is 0. The van der Waals surface area contributed by atoms with Gasteiger partial charge in [0, 0.05) is 0 Å². The summed E-state index contributed by atoms with van der Waals surface area (Å²) >= 11 is 5.11. The Morgan fingerprint density at radius 2 is 1.42 bits per heavy atom. The first-order chi connectivity index (χ1) is 4.80. The normalized spacial score (nSPS) is 21.8. The Kier molecular flexibility index (Phi) is 2.46. The lowest BCUT2D eigenvalue weighted by atomic mass is 10.2. The number of rotatable bonds is 3. The van der Waals surface area contributed by atoms with E-state index < -0.39 is 27.3 Å². The van der Waals surface area contributed by atoms with Gasteiger partial charge in [-0.2, -0.15) is 0 Å². The highest BCUT2D eigenvalue weighted by atomic mass is 35.5. The van der Waals surface area contributed by atoms with E-state index in [9.17, 15) is 19.4 Å². The van der Waals surface area contributed by atoms with Crippen molar-refractivity contribution < 1.29 is 19.4 Å². The molecule has 0 rings (SSSR count). The fourth-order valence-corrected chi connectivity index (χ4v) is 2.19. The van der Waals surface area contributed by atoms with E-state index in [1.165, 1.54) is 13.8 Å². The van der Waals surface area contributed by atoms with Crippen LogP contribution in [0.15, 0.2) is 0 Å². The molecule has 0 saturated carbocycles. The van der Waals surface area contributed by atoms with E-state index in [0.29, 0.717) is 0 Å². The molecular weight excluding hydrogens is 223 g/mol. The maximum Gasteiger partial charge on any atom is 0.287 e. The van der Waals surface area contributed by atoms with E-state index in [-0.39, 0.29) is 0 Å². The average Bonchev–Trinajstić information content (AvgIpc) is 1.55. The Bertz CT molecular complexity index is 169. The van der Waals surface area contributed by atoms with Crippen molar-refractivity contribution in [2.75, 3.05) is 5.75 Å². The summed E-state index contributed by atoms with van der Waals surface area (Å²) in [6, 6.07) is 0. The van der Waals surface area contributed by atoms with E-state index in [4.69, 9.17) is 11.6 Å². The van der Waals surface area contributed by atoms with Crippen LogP contribution in [0.5, 0.6) is 0 Å². The SMILES string of the molecule is CC(C)C(Cl)CS(F)(F)(F)(F)F. The molecule has 0 N–H and O–H groups in total. The third kappa shape index (κ3) is 6.97. The number of hydrogen-bond donors (Lipinski definition) is 0. The van der Waals surface area contributed by atoms with Crippen molar-refractivity contribution in [3.05, 3.63) is 0 Å². The second-order valence-corrected chi connectivity index (χ2v) is 6.21. The van der Waals surface area contributed by atoms with Gasteiger partial charge in [0.25, 0.3) is 10.2 Å². The number of halogens is 6. The van der Waals surface area contributed by atoms with Crippen LogP contribution >= 0.6 is 21.8 Å². The highest BCUT2D eigenvalue weighted by molar-refractivity contribution is 8.45. The summed E-state index contributed by atoms with van der Waals surface area (Å²) in [5, 5.41) is -1.55. The molecule has 0 aliphatic rings. The molecule has 0 amide bonds. The van der Waals surface area contributed by atoms with Crippen LogP contribution in [-0.4, -0.2) is 11.1 Å². The molecule has 0 aliphatic carbocycles. The Labute approximate surface area is 72.8 Å². The summed E-state index contributed by atoms with van der Waals surface area (Å²) < 4.78 is 58.7. The smallest absolute Gasteiger partial charge is 0.121 e. The molecule has 0 aromatic carbocycles. The number of alkyl halides is 1. The molecule has 78 valence electrons. The molecule has 0 nitrogen and oxygen atoms in total. The summed E-state index contributed by atoms with van der Waals surface area (Å²) in [4.78, 5) is 0. The van der Waals surface area contributed by atoms with Crippen LogP contribution in [0, 0.1) is 5.92 Å². The van der Waals surface area contributed by atoms with Crippen molar-refractivity contribution >= 4 is 21.8 Å². The van der Waals surface area contributed by atoms with Crippen LogP contribution in [-0.2, 0) is 0 Å². The van der Waals surface area contributed by atoms with Crippen molar-refractivity contribution in [3.63, 3.8) is 0 Å². The Morgan fingerprint density at radius 1 is 1.08 bits per heavy atom. The Hall–Kier alpha value is 0.290. The average molecular weight is 233 g/mol. The predicted octanol–water partition coefficient (Wildman–Crippen LogP) is 4.55. The molecular formula is C5H10ClF5S. The maximum atomic E-state index is 11.7. The topological polar surface area (TPSA) is 0 Å². The maximum absolute atomic E-state index is 11.7. The van der Waals surface area contributed by atoms with Gasteiger partial charge in [0.2, 0.25) is 0 Å². The lowest BCUT2D eigenvalue weighted by molar-refractivity contribution is 0.358.